The van der Waals surface area contributed by atoms with Crippen LogP contribution < -0.4 is 21.3 Å². The number of nitrogens with zero attached hydrogens (tertiary/aromatic N) is 7. The fourth-order valence-corrected chi connectivity index (χ4v) is 11.3. The number of amides is 11. The van der Waals surface area contributed by atoms with Crippen molar-refractivity contribution in [1.29, 1.82) is 0 Å². The zero-order chi connectivity index (χ0) is 69.8. The Morgan fingerprint density at radius 1 is 0.467 bits per heavy atom. The Kier molecular flexibility index (Phi) is 33.4. The van der Waals surface area contributed by atoms with Gasteiger partial charge in [-0.15, -0.1) is 0 Å². The van der Waals surface area contributed by atoms with E-state index in [1.165, 1.54) is 82.8 Å². The Morgan fingerprint density at radius 2 is 0.856 bits per heavy atom. The Morgan fingerprint density at radius 3 is 1.29 bits per heavy atom. The summed E-state index contributed by atoms with van der Waals surface area (Å²) in [6.45, 7) is 29.4. The van der Waals surface area contributed by atoms with Crippen LogP contribution in [0.5, 0.6) is 0 Å². The number of esters is 1. The van der Waals surface area contributed by atoms with Crippen molar-refractivity contribution >= 4 is 70.9 Å². The van der Waals surface area contributed by atoms with E-state index >= 15 is 19.2 Å². The number of ether oxygens (including phenoxy) is 1. The average molecular weight is 1270 g/mol. The number of nitrogens with one attached hydrogen (secondary N) is 4. The molecule has 1 rings (SSSR count). The number of aliphatic hydroxyl groups excluding tert-OH is 1. The molecule has 1 fully saturated rings. The Balaban J connectivity index is 4.52. The summed E-state index contributed by atoms with van der Waals surface area (Å²) in [4.78, 5) is 184. The molecule has 1 heterocycles. The lowest BCUT2D eigenvalue weighted by Crippen LogP contribution is -2.64. The molecule has 0 aromatic carbocycles. The molecule has 0 radical (unpaired) electrons. The maximum absolute atomic E-state index is 15.3. The predicted octanol–water partition coefficient (Wildman–Crippen LogP) is 3.20. The van der Waals surface area contributed by atoms with Crippen molar-refractivity contribution in [3.05, 3.63) is 12.2 Å². The molecular formula is C65H115N11O14. The van der Waals surface area contributed by atoms with Crippen LogP contribution in [-0.4, -0.2) is 239 Å². The van der Waals surface area contributed by atoms with Gasteiger partial charge in [0, 0.05) is 49.3 Å². The third-order valence-corrected chi connectivity index (χ3v) is 17.0. The molecular weight excluding hydrogens is 1160 g/mol. The van der Waals surface area contributed by atoms with E-state index in [1.807, 2.05) is 55.4 Å². The molecule has 11 amide bonds. The molecule has 0 aromatic heterocycles. The number of hydrogen-bond acceptors (Lipinski definition) is 14. The molecule has 1 saturated heterocycles. The maximum atomic E-state index is 15.3. The van der Waals surface area contributed by atoms with Crippen LogP contribution in [0.3, 0.4) is 0 Å². The molecule has 90 heavy (non-hydrogen) atoms. The van der Waals surface area contributed by atoms with E-state index in [0.717, 1.165) is 21.8 Å². The van der Waals surface area contributed by atoms with Gasteiger partial charge in [0.15, 0.2) is 0 Å². The average Bonchev–Trinajstić information content (AvgIpc) is 0.842. The molecule has 514 valence electrons. The van der Waals surface area contributed by atoms with Crippen molar-refractivity contribution in [2.75, 3.05) is 56.4 Å². The number of rotatable bonds is 17. The van der Waals surface area contributed by atoms with Gasteiger partial charge in [0.05, 0.1) is 19.6 Å². The van der Waals surface area contributed by atoms with Gasteiger partial charge in [-0.25, -0.2) is 0 Å². The minimum Gasteiger partial charge on any atom is -0.469 e. The lowest BCUT2D eigenvalue weighted by molar-refractivity contribution is -0.157. The second-order valence-electron chi connectivity index (χ2n) is 27.1. The fourth-order valence-electron chi connectivity index (χ4n) is 11.3. The van der Waals surface area contributed by atoms with Crippen molar-refractivity contribution in [1.82, 2.24) is 55.6 Å². The van der Waals surface area contributed by atoms with Crippen LogP contribution in [0, 0.1) is 41.4 Å². The third kappa shape index (κ3) is 22.3. The van der Waals surface area contributed by atoms with Crippen LogP contribution in [0.15, 0.2) is 12.2 Å². The number of hydrogen-bond donors (Lipinski definition) is 5. The van der Waals surface area contributed by atoms with E-state index in [9.17, 15) is 43.5 Å². The minimum absolute atomic E-state index is 0.0360. The van der Waals surface area contributed by atoms with Crippen LogP contribution >= 0.6 is 0 Å². The Hall–Kier alpha value is -6.66. The van der Waals surface area contributed by atoms with E-state index in [4.69, 9.17) is 4.74 Å². The number of allylic oxidation sites excluding steroid dienone is 2. The zero-order valence-electron chi connectivity index (χ0n) is 59.0. The predicted molar refractivity (Wildman–Crippen MR) is 344 cm³/mol. The molecule has 1 aliphatic heterocycles. The molecule has 1 unspecified atom stereocenters. The lowest BCUT2D eigenvalue weighted by Gasteiger charge is -2.41. The molecule has 25 nitrogen and oxygen atoms in total. The van der Waals surface area contributed by atoms with Crippen molar-refractivity contribution < 1.29 is 67.4 Å². The molecule has 13 atom stereocenters. The highest BCUT2D eigenvalue weighted by atomic mass is 16.5. The summed E-state index contributed by atoms with van der Waals surface area (Å²) in [5.41, 5.74) is 0. The highest BCUT2D eigenvalue weighted by molar-refractivity contribution is 6.00. The second-order valence-corrected chi connectivity index (χ2v) is 27.1. The van der Waals surface area contributed by atoms with Crippen molar-refractivity contribution in [3.63, 3.8) is 0 Å². The quantitative estimate of drug-likeness (QED) is 0.103. The van der Waals surface area contributed by atoms with Gasteiger partial charge < -0.3 is 65.4 Å². The largest absolute Gasteiger partial charge is 0.469 e. The van der Waals surface area contributed by atoms with Gasteiger partial charge >= 0.3 is 5.97 Å². The summed E-state index contributed by atoms with van der Waals surface area (Å²) < 4.78 is 5.00. The number of methoxy groups -OCH3 is 1. The normalized spacial score (nSPS) is 26.8. The van der Waals surface area contributed by atoms with Crippen LogP contribution in [-0.2, 0) is 62.3 Å². The van der Waals surface area contributed by atoms with Crippen LogP contribution in [0.4, 0.5) is 0 Å². The number of carbonyl (C=O) groups excluding carboxylic acids is 12. The zero-order valence-corrected chi connectivity index (χ0v) is 59.0. The first-order valence-electron chi connectivity index (χ1n) is 32.0. The van der Waals surface area contributed by atoms with E-state index in [2.05, 4.69) is 21.3 Å². The minimum atomic E-state index is -1.70. The van der Waals surface area contributed by atoms with Crippen LogP contribution in [0.2, 0.25) is 0 Å². The van der Waals surface area contributed by atoms with Gasteiger partial charge in [0.25, 0.3) is 0 Å². The smallest absolute Gasteiger partial charge is 0.308 e. The van der Waals surface area contributed by atoms with E-state index < -0.39 is 168 Å². The number of carbonyl (C=O) groups is 12. The summed E-state index contributed by atoms with van der Waals surface area (Å²) in [5, 5.41) is 23.1. The highest BCUT2D eigenvalue weighted by Gasteiger charge is 2.46. The molecule has 0 aromatic rings. The number of likely N-dealkylation sites (N-methyl/N-ethyl adjacent to an activating group) is 7. The van der Waals surface area contributed by atoms with Gasteiger partial charge in [-0.3, -0.25) is 57.5 Å². The third-order valence-electron chi connectivity index (χ3n) is 17.0. The summed E-state index contributed by atoms with van der Waals surface area (Å²) in [5.74, 6) is -11.8. The Bertz CT molecular complexity index is 2500. The summed E-state index contributed by atoms with van der Waals surface area (Å²) in [6, 6.07) is -14.7. The second kappa shape index (κ2) is 37.0. The van der Waals surface area contributed by atoms with E-state index in [-0.39, 0.29) is 62.2 Å². The molecule has 5 N–H and O–H groups in total. The van der Waals surface area contributed by atoms with Gasteiger partial charge in [-0.1, -0.05) is 109 Å². The molecule has 0 spiro atoms. The first-order valence-corrected chi connectivity index (χ1v) is 32.0. The summed E-state index contributed by atoms with van der Waals surface area (Å²) in [6.07, 6.45) is 1.85. The molecule has 0 bridgehead atoms. The number of aliphatic hydroxyl groups is 1. The molecule has 1 aliphatic rings. The summed E-state index contributed by atoms with van der Waals surface area (Å²) in [7, 11) is 10.7. The van der Waals surface area contributed by atoms with Crippen molar-refractivity contribution in [2.45, 2.75) is 235 Å². The molecule has 0 aliphatic carbocycles. The first kappa shape index (κ1) is 81.4. The summed E-state index contributed by atoms with van der Waals surface area (Å²) >= 11 is 0. The van der Waals surface area contributed by atoms with Crippen LogP contribution in [0.1, 0.15) is 163 Å². The van der Waals surface area contributed by atoms with Gasteiger partial charge in [-0.05, 0) is 101 Å². The Labute approximate surface area is 537 Å². The van der Waals surface area contributed by atoms with Crippen molar-refractivity contribution in [3.8, 4) is 0 Å². The topological polar surface area (TPSA) is 305 Å². The molecule has 0 saturated carbocycles. The standard InChI is InChI=1S/C65H115N11O14/c1-26-28-29-41(15)54(78)53-58(82)68-44(27-2)60(84)73(21)49(34-50(77)90-25)62(86)70(18)46(31-36(5)6)57(81)69-51(39(11)12)64(88)71(19)45(30-35(3)4)56(80)66-42(16)55(79)67-43(17)59(83)72(20)47(32-37(7)8)61(85)74(22)48(33-38(9)10)63(87)75(23)52(40(13)14)65(89)76(53)24/h26,28,35-49,51-54,78H,27,29-34H2,1-25H3,(H,66,80)(H,67,79)(H,68,82)(H,69,81)/t41-,42+,43-,44+,45+,46+,47+,48+,49?,51+,52+,53+,54-/m1/s1. The van der Waals surface area contributed by atoms with Crippen LogP contribution in [0.25, 0.3) is 0 Å². The van der Waals surface area contributed by atoms with Crippen molar-refractivity contribution in [2.24, 2.45) is 41.4 Å². The highest BCUT2D eigenvalue weighted by Crippen LogP contribution is 2.26. The van der Waals surface area contributed by atoms with Gasteiger partial charge in [0.1, 0.15) is 66.5 Å². The van der Waals surface area contributed by atoms with Gasteiger partial charge in [0.2, 0.25) is 65.0 Å². The van der Waals surface area contributed by atoms with Gasteiger partial charge in [-0.2, -0.15) is 0 Å². The fraction of sp³-hybridized carbons (Fsp3) is 0.785. The lowest BCUT2D eigenvalue weighted by atomic mass is 9.91. The van der Waals surface area contributed by atoms with E-state index in [1.54, 1.807) is 60.6 Å². The van der Waals surface area contributed by atoms with E-state index in [0.29, 0.717) is 0 Å². The molecule has 25 heteroatoms. The SMILES string of the molecule is CC=CC[C@@H](C)[C@@H](O)[C@H]1C(=O)N[C@@H](CC)C(=O)N(C)C(CC(=O)OC)C(=O)N(C)[C@@H](CC(C)C)C(=O)N[C@@H](C(C)C)C(=O)N(C)[C@@H](CC(C)C)C(=O)N[C@@H](C)C(=O)N[C@H](C)C(=O)N(C)[C@@H](CC(C)C)C(=O)N(C)[C@@H](CC(C)C)C(=O)N(C)[C@@H](C(C)C)C(=O)N1C. The monoisotopic (exact) mass is 1270 g/mol. The first-order chi connectivity index (χ1) is 41.6. The maximum Gasteiger partial charge on any atom is 0.308 e.